The van der Waals surface area contributed by atoms with E-state index in [1.165, 1.54) is 6.42 Å². The quantitative estimate of drug-likeness (QED) is 0.877. The highest BCUT2D eigenvalue weighted by Gasteiger charge is 2.14. The second kappa shape index (κ2) is 8.25. The predicted molar refractivity (Wildman–Crippen MR) is 83.1 cm³/mol. The molecule has 0 bridgehead atoms. The van der Waals surface area contributed by atoms with E-state index in [1.807, 2.05) is 6.92 Å². The van der Waals surface area contributed by atoms with Crippen LogP contribution in [-0.2, 0) is 4.74 Å². The summed E-state index contributed by atoms with van der Waals surface area (Å²) in [7, 11) is 0. The molecule has 1 atom stereocenters. The van der Waals surface area contributed by atoms with Crippen molar-refractivity contribution in [3.63, 3.8) is 0 Å². The molecule has 1 N–H and O–H groups in total. The molecule has 4 nitrogen and oxygen atoms in total. The van der Waals surface area contributed by atoms with Crippen molar-refractivity contribution < 1.29 is 14.3 Å². The number of amides is 1. The second-order valence-electron chi connectivity index (χ2n) is 5.21. The summed E-state index contributed by atoms with van der Waals surface area (Å²) in [5.74, 6) is 1.06. The van der Waals surface area contributed by atoms with E-state index in [0.29, 0.717) is 35.4 Å². The van der Waals surface area contributed by atoms with Crippen LogP contribution in [0.2, 0.25) is 5.02 Å². The number of carbonyl (C=O) groups is 1. The average Bonchev–Trinajstić information content (AvgIpc) is 2.50. The van der Waals surface area contributed by atoms with Gasteiger partial charge in [0.1, 0.15) is 5.75 Å². The molecule has 116 valence electrons. The van der Waals surface area contributed by atoms with Gasteiger partial charge in [0.25, 0.3) is 5.91 Å². The Morgan fingerprint density at radius 2 is 2.38 bits per heavy atom. The van der Waals surface area contributed by atoms with Crippen LogP contribution < -0.4 is 10.1 Å². The first kappa shape index (κ1) is 16.1. The fourth-order valence-corrected chi connectivity index (χ4v) is 2.68. The number of nitrogens with one attached hydrogen (secondary N) is 1. The van der Waals surface area contributed by atoms with Crippen molar-refractivity contribution in [1.82, 2.24) is 5.32 Å². The highest BCUT2D eigenvalue weighted by atomic mass is 35.5. The van der Waals surface area contributed by atoms with Gasteiger partial charge in [0, 0.05) is 25.3 Å². The molecule has 2 rings (SSSR count). The van der Waals surface area contributed by atoms with E-state index in [2.05, 4.69) is 5.32 Å². The number of rotatable bonds is 6. The molecule has 1 aliphatic rings. The largest absolute Gasteiger partial charge is 0.492 e. The first-order valence-electron chi connectivity index (χ1n) is 7.49. The van der Waals surface area contributed by atoms with Crippen molar-refractivity contribution in [2.75, 3.05) is 26.4 Å². The predicted octanol–water partition coefficient (Wildman–Crippen LogP) is 3.29. The Labute approximate surface area is 130 Å². The highest BCUT2D eigenvalue weighted by molar-refractivity contribution is 6.32. The number of benzene rings is 1. The number of ether oxygens (including phenoxy) is 2. The lowest BCUT2D eigenvalue weighted by Crippen LogP contribution is -2.28. The summed E-state index contributed by atoms with van der Waals surface area (Å²) in [6.07, 6.45) is 3.26. The molecule has 1 aliphatic heterocycles. The highest BCUT2D eigenvalue weighted by Crippen LogP contribution is 2.25. The van der Waals surface area contributed by atoms with E-state index >= 15 is 0 Å². The van der Waals surface area contributed by atoms with Crippen LogP contribution in [0.3, 0.4) is 0 Å². The van der Waals surface area contributed by atoms with Gasteiger partial charge in [0.15, 0.2) is 0 Å². The third-order valence-electron chi connectivity index (χ3n) is 3.59. The van der Waals surface area contributed by atoms with Crippen molar-refractivity contribution >= 4 is 17.5 Å². The van der Waals surface area contributed by atoms with Gasteiger partial charge in [-0.1, -0.05) is 11.6 Å². The third-order valence-corrected chi connectivity index (χ3v) is 3.88. The summed E-state index contributed by atoms with van der Waals surface area (Å²) < 4.78 is 10.8. The van der Waals surface area contributed by atoms with Gasteiger partial charge in [-0.25, -0.2) is 0 Å². The Kier molecular flexibility index (Phi) is 6.33. The van der Waals surface area contributed by atoms with Gasteiger partial charge < -0.3 is 14.8 Å². The molecular formula is C16H22ClNO3. The normalized spacial score (nSPS) is 18.3. The van der Waals surface area contributed by atoms with Crippen LogP contribution in [0.4, 0.5) is 0 Å². The summed E-state index contributed by atoms with van der Waals surface area (Å²) in [6.45, 7) is 4.79. The molecule has 1 unspecified atom stereocenters. The number of hydrogen-bond donors (Lipinski definition) is 1. The summed E-state index contributed by atoms with van der Waals surface area (Å²) in [6, 6.07) is 5.11. The fraction of sp³-hybridized carbons (Fsp3) is 0.562. The Morgan fingerprint density at radius 3 is 3.05 bits per heavy atom. The lowest BCUT2D eigenvalue weighted by molar-refractivity contribution is 0.0514. The topological polar surface area (TPSA) is 47.6 Å². The Bertz CT molecular complexity index is 473. The minimum atomic E-state index is -0.100. The van der Waals surface area contributed by atoms with Gasteiger partial charge in [-0.15, -0.1) is 0 Å². The van der Waals surface area contributed by atoms with E-state index in [0.717, 1.165) is 26.1 Å². The molecule has 5 heteroatoms. The van der Waals surface area contributed by atoms with Gasteiger partial charge in [0.05, 0.1) is 11.6 Å². The van der Waals surface area contributed by atoms with E-state index < -0.39 is 0 Å². The molecular weight excluding hydrogens is 290 g/mol. The number of hydrogen-bond acceptors (Lipinski definition) is 3. The second-order valence-corrected chi connectivity index (χ2v) is 5.61. The molecule has 0 saturated carbocycles. The summed E-state index contributed by atoms with van der Waals surface area (Å²) in [5, 5.41) is 3.39. The molecule has 1 aromatic carbocycles. The van der Waals surface area contributed by atoms with E-state index in [-0.39, 0.29) is 5.91 Å². The van der Waals surface area contributed by atoms with Gasteiger partial charge in [-0.3, -0.25) is 4.79 Å². The maximum Gasteiger partial charge on any atom is 0.251 e. The van der Waals surface area contributed by atoms with E-state index in [1.54, 1.807) is 18.2 Å². The first-order chi connectivity index (χ1) is 10.2. The molecule has 1 aromatic rings. The van der Waals surface area contributed by atoms with Crippen LogP contribution in [0.25, 0.3) is 0 Å². The third kappa shape index (κ3) is 4.90. The zero-order chi connectivity index (χ0) is 15.1. The van der Waals surface area contributed by atoms with Crippen molar-refractivity contribution in [3.8, 4) is 5.75 Å². The van der Waals surface area contributed by atoms with Gasteiger partial charge in [-0.05, 0) is 50.3 Å². The fourth-order valence-electron chi connectivity index (χ4n) is 2.44. The number of carbonyl (C=O) groups excluding carboxylic acids is 1. The zero-order valence-corrected chi connectivity index (χ0v) is 13.1. The van der Waals surface area contributed by atoms with Crippen LogP contribution in [-0.4, -0.2) is 32.3 Å². The van der Waals surface area contributed by atoms with Gasteiger partial charge in [0.2, 0.25) is 0 Å². The average molecular weight is 312 g/mol. The Balaban J connectivity index is 1.81. The molecule has 1 amide bonds. The molecule has 0 spiro atoms. The first-order valence-corrected chi connectivity index (χ1v) is 7.86. The van der Waals surface area contributed by atoms with Gasteiger partial charge in [-0.2, -0.15) is 0 Å². The lowest BCUT2D eigenvalue weighted by atomic mass is 9.99. The van der Waals surface area contributed by atoms with Crippen LogP contribution in [0, 0.1) is 5.92 Å². The number of halogens is 1. The molecule has 1 heterocycles. The minimum absolute atomic E-state index is 0.100. The molecule has 1 saturated heterocycles. The Hall–Kier alpha value is -1.26. The van der Waals surface area contributed by atoms with E-state index in [4.69, 9.17) is 21.1 Å². The smallest absolute Gasteiger partial charge is 0.251 e. The van der Waals surface area contributed by atoms with Gasteiger partial charge >= 0.3 is 0 Å². The van der Waals surface area contributed by atoms with E-state index in [9.17, 15) is 4.79 Å². The van der Waals surface area contributed by atoms with Crippen LogP contribution in [0.15, 0.2) is 18.2 Å². The minimum Gasteiger partial charge on any atom is -0.492 e. The molecule has 0 aromatic heterocycles. The van der Waals surface area contributed by atoms with Crippen molar-refractivity contribution in [2.45, 2.75) is 26.2 Å². The maximum absolute atomic E-state index is 12.1. The summed E-state index contributed by atoms with van der Waals surface area (Å²) in [4.78, 5) is 12.1. The lowest BCUT2D eigenvalue weighted by Gasteiger charge is -2.21. The van der Waals surface area contributed by atoms with Crippen LogP contribution in [0.1, 0.15) is 36.5 Å². The zero-order valence-electron chi connectivity index (χ0n) is 12.4. The summed E-state index contributed by atoms with van der Waals surface area (Å²) >= 11 is 6.09. The molecule has 0 aliphatic carbocycles. The standard InChI is InChI=1S/C16H22ClNO3/c1-2-21-15-6-5-13(10-14(15)17)16(19)18-8-7-12-4-3-9-20-11-12/h5-6,10,12H,2-4,7-9,11H2,1H3,(H,18,19). The Morgan fingerprint density at radius 1 is 1.52 bits per heavy atom. The monoisotopic (exact) mass is 311 g/mol. The maximum atomic E-state index is 12.1. The van der Waals surface area contributed by atoms with Crippen molar-refractivity contribution in [3.05, 3.63) is 28.8 Å². The van der Waals surface area contributed by atoms with Crippen LogP contribution >= 0.6 is 11.6 Å². The van der Waals surface area contributed by atoms with Crippen LogP contribution in [0.5, 0.6) is 5.75 Å². The molecule has 21 heavy (non-hydrogen) atoms. The molecule has 0 radical (unpaired) electrons. The van der Waals surface area contributed by atoms with Crippen molar-refractivity contribution in [1.29, 1.82) is 0 Å². The molecule has 1 fully saturated rings. The van der Waals surface area contributed by atoms with Crippen molar-refractivity contribution in [2.24, 2.45) is 5.92 Å². The SMILES string of the molecule is CCOc1ccc(C(=O)NCCC2CCCOC2)cc1Cl. The summed E-state index contributed by atoms with van der Waals surface area (Å²) in [5.41, 5.74) is 0.559.